The van der Waals surface area contributed by atoms with Gasteiger partial charge in [0.1, 0.15) is 0 Å². The quantitative estimate of drug-likeness (QED) is 0.178. The van der Waals surface area contributed by atoms with Crippen LogP contribution in [0.3, 0.4) is 0 Å². The summed E-state index contributed by atoms with van der Waals surface area (Å²) < 4.78 is 0. The molecule has 0 unspecified atom stereocenters. The first-order chi connectivity index (χ1) is 29.3. The third-order valence-electron chi connectivity index (χ3n) is 13.7. The standard InChI is InChI=1S/C58H42N2/c1-57(2)48-24-14-23-46(55(48)47-31-37-18-8-9-19-38(37)32-51(47)57)53-34-52(59-56(60-53)36-16-6-5-7-17-36)44-29-28-40(42-21-12-13-22-43(42)44)39-25-27-45-50(33-39)58(3,4)49-30-26-35-15-10-11-20-41(35)54(45)49/h5-34H,1-4H3. The zero-order valence-electron chi connectivity index (χ0n) is 34.2. The van der Waals surface area contributed by atoms with Crippen molar-refractivity contribution in [3.8, 4) is 67.3 Å². The Labute approximate surface area is 350 Å². The molecule has 0 amide bonds. The van der Waals surface area contributed by atoms with E-state index >= 15 is 0 Å². The molecule has 2 nitrogen and oxygen atoms in total. The Morgan fingerprint density at radius 2 is 0.900 bits per heavy atom. The van der Waals surface area contributed by atoms with Crippen LogP contribution in [0.5, 0.6) is 0 Å². The molecule has 9 aromatic carbocycles. The Morgan fingerprint density at radius 3 is 1.67 bits per heavy atom. The van der Waals surface area contributed by atoms with Crippen molar-refractivity contribution in [1.29, 1.82) is 0 Å². The van der Waals surface area contributed by atoms with E-state index in [2.05, 4.69) is 210 Å². The van der Waals surface area contributed by atoms with E-state index in [1.807, 2.05) is 0 Å². The molecule has 12 rings (SSSR count). The molecule has 0 atom stereocenters. The average molecular weight is 767 g/mol. The zero-order valence-corrected chi connectivity index (χ0v) is 34.2. The second kappa shape index (κ2) is 12.7. The normalized spacial score (nSPS) is 14.3. The first-order valence-electron chi connectivity index (χ1n) is 21.1. The molecule has 0 spiro atoms. The smallest absolute Gasteiger partial charge is 0.160 e. The van der Waals surface area contributed by atoms with Gasteiger partial charge in [-0.1, -0.05) is 185 Å². The van der Waals surface area contributed by atoms with Crippen molar-refractivity contribution in [3.63, 3.8) is 0 Å². The molecule has 60 heavy (non-hydrogen) atoms. The fourth-order valence-corrected chi connectivity index (χ4v) is 10.6. The van der Waals surface area contributed by atoms with E-state index in [1.165, 1.54) is 88.0 Å². The van der Waals surface area contributed by atoms with Gasteiger partial charge in [-0.05, 0) is 112 Å². The van der Waals surface area contributed by atoms with Gasteiger partial charge in [0.15, 0.2) is 5.82 Å². The van der Waals surface area contributed by atoms with E-state index in [-0.39, 0.29) is 10.8 Å². The van der Waals surface area contributed by atoms with E-state index in [9.17, 15) is 0 Å². The Balaban J connectivity index is 1.04. The topological polar surface area (TPSA) is 25.8 Å². The van der Waals surface area contributed by atoms with Crippen molar-refractivity contribution >= 4 is 32.3 Å². The number of rotatable bonds is 4. The Morgan fingerprint density at radius 1 is 0.317 bits per heavy atom. The van der Waals surface area contributed by atoms with Gasteiger partial charge in [-0.15, -0.1) is 0 Å². The second-order valence-electron chi connectivity index (χ2n) is 17.7. The lowest BCUT2D eigenvalue weighted by Crippen LogP contribution is -2.15. The van der Waals surface area contributed by atoms with Crippen molar-refractivity contribution in [3.05, 3.63) is 204 Å². The first-order valence-corrected chi connectivity index (χ1v) is 21.1. The minimum atomic E-state index is -0.155. The highest BCUT2D eigenvalue weighted by Gasteiger charge is 2.38. The van der Waals surface area contributed by atoms with Crippen molar-refractivity contribution in [2.24, 2.45) is 0 Å². The van der Waals surface area contributed by atoms with Gasteiger partial charge in [0.25, 0.3) is 0 Å². The third-order valence-corrected chi connectivity index (χ3v) is 13.7. The lowest BCUT2D eigenvalue weighted by atomic mass is 9.81. The van der Waals surface area contributed by atoms with Crippen LogP contribution in [-0.4, -0.2) is 9.97 Å². The van der Waals surface area contributed by atoms with Crippen LogP contribution >= 0.6 is 0 Å². The molecule has 2 heteroatoms. The van der Waals surface area contributed by atoms with Crippen LogP contribution in [-0.2, 0) is 10.8 Å². The average Bonchev–Trinajstić information content (AvgIpc) is 3.66. The number of nitrogens with zero attached hydrogens (tertiary/aromatic N) is 2. The highest BCUT2D eigenvalue weighted by Crippen LogP contribution is 2.54. The third kappa shape index (κ3) is 5.01. The van der Waals surface area contributed by atoms with Gasteiger partial charge in [0.2, 0.25) is 0 Å². The number of aromatic nitrogens is 2. The van der Waals surface area contributed by atoms with Gasteiger partial charge in [0, 0.05) is 27.5 Å². The molecule has 10 aromatic rings. The van der Waals surface area contributed by atoms with Crippen molar-refractivity contribution in [2.45, 2.75) is 38.5 Å². The van der Waals surface area contributed by atoms with Crippen LogP contribution in [0.2, 0.25) is 0 Å². The molecule has 0 bridgehead atoms. The Bertz CT molecular complexity index is 3430. The molecule has 2 aliphatic rings. The molecule has 1 heterocycles. The van der Waals surface area contributed by atoms with Crippen molar-refractivity contribution in [2.75, 3.05) is 0 Å². The van der Waals surface area contributed by atoms with Gasteiger partial charge >= 0.3 is 0 Å². The van der Waals surface area contributed by atoms with Crippen molar-refractivity contribution < 1.29 is 0 Å². The van der Waals surface area contributed by atoms with E-state index in [1.54, 1.807) is 0 Å². The Hall–Kier alpha value is -7.16. The lowest BCUT2D eigenvalue weighted by Gasteiger charge is -2.22. The fraction of sp³-hybridized carbons (Fsp3) is 0.103. The van der Waals surface area contributed by atoms with Crippen LogP contribution in [0, 0.1) is 0 Å². The molecule has 0 N–H and O–H groups in total. The van der Waals surface area contributed by atoms with Gasteiger partial charge in [0.05, 0.1) is 11.4 Å². The molecule has 0 radical (unpaired) electrons. The SMILES string of the molecule is CC1(C)c2cc3ccccc3cc2-c2c(-c3cc(-c4ccc(-c5ccc6c(c5)C(C)(C)c5ccc7ccccc7c5-6)c5ccccc45)nc(-c4ccccc4)n3)cccc21. The summed E-state index contributed by atoms with van der Waals surface area (Å²) >= 11 is 0. The summed E-state index contributed by atoms with van der Waals surface area (Å²) in [7, 11) is 0. The van der Waals surface area contributed by atoms with E-state index in [4.69, 9.17) is 9.97 Å². The van der Waals surface area contributed by atoms with Crippen LogP contribution < -0.4 is 0 Å². The van der Waals surface area contributed by atoms with Gasteiger partial charge in [-0.3, -0.25) is 0 Å². The Kier molecular flexibility index (Phi) is 7.36. The molecule has 0 fully saturated rings. The van der Waals surface area contributed by atoms with Crippen molar-refractivity contribution in [1.82, 2.24) is 9.97 Å². The molecule has 0 saturated carbocycles. The van der Waals surface area contributed by atoms with Crippen LogP contribution in [0.1, 0.15) is 49.9 Å². The highest BCUT2D eigenvalue weighted by molar-refractivity contribution is 6.07. The molecule has 1 aromatic heterocycles. The first kappa shape index (κ1) is 34.8. The summed E-state index contributed by atoms with van der Waals surface area (Å²) in [5.41, 5.74) is 17.9. The minimum Gasteiger partial charge on any atom is -0.228 e. The largest absolute Gasteiger partial charge is 0.228 e. The van der Waals surface area contributed by atoms with E-state index in [0.717, 1.165) is 33.9 Å². The van der Waals surface area contributed by atoms with Crippen LogP contribution in [0.4, 0.5) is 0 Å². The number of hydrogen-bond acceptors (Lipinski definition) is 2. The summed E-state index contributed by atoms with van der Waals surface area (Å²) in [5.74, 6) is 0.720. The predicted molar refractivity (Wildman–Crippen MR) is 251 cm³/mol. The maximum atomic E-state index is 5.38. The van der Waals surface area contributed by atoms with E-state index < -0.39 is 0 Å². The van der Waals surface area contributed by atoms with Gasteiger partial charge in [-0.2, -0.15) is 0 Å². The molecule has 0 aliphatic heterocycles. The van der Waals surface area contributed by atoms with Gasteiger partial charge < -0.3 is 0 Å². The molecule has 2 aliphatic carbocycles. The number of hydrogen-bond donors (Lipinski definition) is 0. The summed E-state index contributed by atoms with van der Waals surface area (Å²) in [5, 5.41) is 7.51. The zero-order chi connectivity index (χ0) is 40.3. The maximum Gasteiger partial charge on any atom is 0.160 e. The molecular weight excluding hydrogens is 725 g/mol. The second-order valence-corrected chi connectivity index (χ2v) is 17.7. The maximum absolute atomic E-state index is 5.38. The minimum absolute atomic E-state index is 0.119. The summed E-state index contributed by atoms with van der Waals surface area (Å²) in [6.45, 7) is 9.46. The summed E-state index contributed by atoms with van der Waals surface area (Å²) in [6, 6.07) is 66.8. The molecular formula is C58H42N2. The summed E-state index contributed by atoms with van der Waals surface area (Å²) in [4.78, 5) is 10.7. The van der Waals surface area contributed by atoms with Crippen LogP contribution in [0.15, 0.2) is 182 Å². The number of benzene rings is 9. The summed E-state index contributed by atoms with van der Waals surface area (Å²) in [6.07, 6.45) is 0. The number of fused-ring (bicyclic) bond motifs is 10. The molecule has 284 valence electrons. The lowest BCUT2D eigenvalue weighted by molar-refractivity contribution is 0.661. The van der Waals surface area contributed by atoms with E-state index in [0.29, 0.717) is 0 Å². The monoisotopic (exact) mass is 766 g/mol. The fourth-order valence-electron chi connectivity index (χ4n) is 10.6. The van der Waals surface area contributed by atoms with Gasteiger partial charge in [-0.25, -0.2) is 9.97 Å². The predicted octanol–water partition coefficient (Wildman–Crippen LogP) is 15.2. The van der Waals surface area contributed by atoms with Crippen LogP contribution in [0.25, 0.3) is 99.6 Å². The molecule has 0 saturated heterocycles. The highest BCUT2D eigenvalue weighted by atomic mass is 14.9.